The van der Waals surface area contributed by atoms with E-state index in [0.29, 0.717) is 0 Å². The molecule has 5 rings (SSSR count). The van der Waals surface area contributed by atoms with Crippen LogP contribution < -0.4 is 14.9 Å². The average molecular weight is 392 g/mol. The van der Waals surface area contributed by atoms with Crippen LogP contribution in [0.1, 0.15) is 42.5 Å². The largest absolute Gasteiger partial charge is 0.497 e. The number of aryl methyl sites for hydroxylation is 1. The average Bonchev–Trinajstić information content (AvgIpc) is 3.22. The molecule has 0 aromatic heterocycles. The van der Waals surface area contributed by atoms with Crippen molar-refractivity contribution in [2.45, 2.75) is 38.5 Å². The monoisotopic (exact) mass is 391 g/mol. The van der Waals surface area contributed by atoms with Crippen LogP contribution in [0.25, 0.3) is 5.70 Å². The van der Waals surface area contributed by atoms with E-state index in [4.69, 9.17) is 9.47 Å². The zero-order chi connectivity index (χ0) is 20.0. The van der Waals surface area contributed by atoms with E-state index in [1.807, 2.05) is 12.1 Å². The van der Waals surface area contributed by atoms with Crippen LogP contribution in [-0.4, -0.2) is 42.4 Å². The molecular formula is C24H29N3O2. The van der Waals surface area contributed by atoms with E-state index in [0.717, 1.165) is 55.2 Å². The molecule has 1 N–H and O–H groups in total. The van der Waals surface area contributed by atoms with Gasteiger partial charge in [-0.05, 0) is 55.4 Å². The summed E-state index contributed by atoms with van der Waals surface area (Å²) in [6, 6.07) is 15.0. The number of fused-ring (bicyclic) bond motifs is 4. The van der Waals surface area contributed by atoms with E-state index in [9.17, 15) is 0 Å². The predicted molar refractivity (Wildman–Crippen MR) is 115 cm³/mol. The molecular weight excluding hydrogens is 362 g/mol. The van der Waals surface area contributed by atoms with Crippen LogP contribution in [0.5, 0.6) is 11.5 Å². The van der Waals surface area contributed by atoms with Crippen molar-refractivity contribution >= 4 is 5.70 Å². The van der Waals surface area contributed by atoms with E-state index in [-0.39, 0.29) is 11.8 Å². The smallest absolute Gasteiger partial charge is 0.182 e. The number of benzene rings is 2. The van der Waals surface area contributed by atoms with Gasteiger partial charge in [-0.25, -0.2) is 0 Å². The van der Waals surface area contributed by atoms with Gasteiger partial charge in [0.05, 0.1) is 18.8 Å². The Kier molecular flexibility index (Phi) is 4.52. The van der Waals surface area contributed by atoms with Crippen molar-refractivity contribution in [3.05, 3.63) is 65.2 Å². The fourth-order valence-electron chi connectivity index (χ4n) is 4.79. The summed E-state index contributed by atoms with van der Waals surface area (Å²) in [5.41, 5.74) is 8.19. The van der Waals surface area contributed by atoms with Gasteiger partial charge >= 0.3 is 0 Å². The molecule has 1 atom stereocenters. The van der Waals surface area contributed by atoms with Crippen LogP contribution >= 0.6 is 0 Å². The number of hydrazine groups is 1. The zero-order valence-corrected chi connectivity index (χ0v) is 17.4. The molecule has 3 heterocycles. The molecule has 5 nitrogen and oxygen atoms in total. The van der Waals surface area contributed by atoms with Crippen molar-refractivity contribution in [3.63, 3.8) is 0 Å². The van der Waals surface area contributed by atoms with Gasteiger partial charge in [-0.3, -0.25) is 0 Å². The van der Waals surface area contributed by atoms with Gasteiger partial charge in [-0.1, -0.05) is 24.6 Å². The molecule has 0 radical (unpaired) electrons. The first-order valence-corrected chi connectivity index (χ1v) is 10.6. The van der Waals surface area contributed by atoms with Gasteiger partial charge in [0.25, 0.3) is 0 Å². The summed E-state index contributed by atoms with van der Waals surface area (Å²) in [6.07, 6.45) is 4.32. The van der Waals surface area contributed by atoms with Crippen molar-refractivity contribution in [1.29, 1.82) is 0 Å². The van der Waals surface area contributed by atoms with Crippen molar-refractivity contribution in [2.75, 3.05) is 26.7 Å². The van der Waals surface area contributed by atoms with Crippen molar-refractivity contribution < 1.29 is 9.47 Å². The highest BCUT2D eigenvalue weighted by molar-refractivity contribution is 5.68. The Morgan fingerprint density at radius 3 is 2.59 bits per heavy atom. The maximum absolute atomic E-state index is 6.73. The van der Waals surface area contributed by atoms with E-state index < -0.39 is 0 Å². The Labute approximate surface area is 172 Å². The second-order valence-corrected chi connectivity index (χ2v) is 8.26. The summed E-state index contributed by atoms with van der Waals surface area (Å²) in [5, 5.41) is 2.36. The van der Waals surface area contributed by atoms with Gasteiger partial charge in [0.15, 0.2) is 5.72 Å². The lowest BCUT2D eigenvalue weighted by molar-refractivity contribution is -0.159. The van der Waals surface area contributed by atoms with E-state index >= 15 is 0 Å². The number of hydrogen-bond acceptors (Lipinski definition) is 5. The quantitative estimate of drug-likeness (QED) is 0.852. The van der Waals surface area contributed by atoms with Crippen molar-refractivity contribution in [3.8, 4) is 11.5 Å². The van der Waals surface area contributed by atoms with Crippen LogP contribution in [0.4, 0.5) is 0 Å². The Hall–Kier alpha value is -2.50. The van der Waals surface area contributed by atoms with Gasteiger partial charge in [0.1, 0.15) is 11.5 Å². The summed E-state index contributed by atoms with van der Waals surface area (Å²) in [4.78, 5) is 2.50. The number of likely N-dealkylation sites (tertiary alicyclic amines) is 1. The molecule has 0 aliphatic carbocycles. The van der Waals surface area contributed by atoms with Gasteiger partial charge in [-0.2, -0.15) is 5.01 Å². The molecule has 0 saturated carbocycles. The Morgan fingerprint density at radius 2 is 1.90 bits per heavy atom. The number of nitrogens with one attached hydrogen (secondary N) is 1. The minimum Gasteiger partial charge on any atom is -0.497 e. The highest BCUT2D eigenvalue weighted by Gasteiger charge is 2.51. The number of ether oxygens (including phenoxy) is 2. The van der Waals surface area contributed by atoms with Crippen molar-refractivity contribution in [2.24, 2.45) is 0 Å². The molecule has 5 heteroatoms. The molecule has 1 saturated heterocycles. The SMILES string of the molecule is CCN1CCC2(CC1)Oc1ccc(C)cc1[C@@H]1C=C(c3ccc(OC)cc3)NN12. The first kappa shape index (κ1) is 18.5. The first-order chi connectivity index (χ1) is 14.1. The third kappa shape index (κ3) is 3.09. The lowest BCUT2D eigenvalue weighted by Gasteiger charge is -2.51. The lowest BCUT2D eigenvalue weighted by atomic mass is 9.92. The molecule has 0 bridgehead atoms. The second kappa shape index (κ2) is 7.08. The van der Waals surface area contributed by atoms with Gasteiger partial charge in [-0.15, -0.1) is 0 Å². The summed E-state index contributed by atoms with van der Waals surface area (Å²) in [6.45, 7) is 7.59. The first-order valence-electron chi connectivity index (χ1n) is 10.6. The molecule has 152 valence electrons. The molecule has 2 aromatic carbocycles. The van der Waals surface area contributed by atoms with Crippen LogP contribution in [0, 0.1) is 6.92 Å². The highest BCUT2D eigenvalue weighted by Crippen LogP contribution is 2.48. The number of rotatable bonds is 3. The maximum atomic E-state index is 6.73. The number of nitrogens with zero attached hydrogens (tertiary/aromatic N) is 2. The Bertz CT molecular complexity index is 930. The summed E-state index contributed by atoms with van der Waals surface area (Å²) in [5.74, 6) is 1.90. The fraction of sp³-hybridized carbons (Fsp3) is 0.417. The number of hydrogen-bond donors (Lipinski definition) is 1. The van der Waals surface area contributed by atoms with Crippen LogP contribution in [0.15, 0.2) is 48.5 Å². The summed E-state index contributed by atoms with van der Waals surface area (Å²) < 4.78 is 12.0. The van der Waals surface area contributed by atoms with E-state index in [1.165, 1.54) is 11.1 Å². The highest BCUT2D eigenvalue weighted by atomic mass is 16.5. The molecule has 29 heavy (non-hydrogen) atoms. The second-order valence-electron chi connectivity index (χ2n) is 8.26. The van der Waals surface area contributed by atoms with Gasteiger partial charge < -0.3 is 19.8 Å². The molecule has 1 spiro atoms. The minimum atomic E-state index is -0.316. The molecule has 3 aliphatic rings. The molecule has 0 amide bonds. The molecule has 0 unspecified atom stereocenters. The Morgan fingerprint density at radius 1 is 1.14 bits per heavy atom. The normalized spacial score (nSPS) is 23.0. The number of methoxy groups -OCH3 is 1. The molecule has 2 aromatic rings. The predicted octanol–water partition coefficient (Wildman–Crippen LogP) is 4.11. The molecule has 1 fully saturated rings. The minimum absolute atomic E-state index is 0.170. The van der Waals surface area contributed by atoms with Gasteiger partial charge in [0, 0.05) is 31.5 Å². The van der Waals surface area contributed by atoms with Gasteiger partial charge in [0.2, 0.25) is 0 Å². The topological polar surface area (TPSA) is 37.0 Å². The fourth-order valence-corrected chi connectivity index (χ4v) is 4.79. The van der Waals surface area contributed by atoms with E-state index in [1.54, 1.807) is 7.11 Å². The third-order valence-corrected chi connectivity index (χ3v) is 6.55. The summed E-state index contributed by atoms with van der Waals surface area (Å²) in [7, 11) is 1.70. The van der Waals surface area contributed by atoms with Crippen LogP contribution in [0.3, 0.4) is 0 Å². The van der Waals surface area contributed by atoms with Crippen LogP contribution in [-0.2, 0) is 0 Å². The summed E-state index contributed by atoms with van der Waals surface area (Å²) >= 11 is 0. The zero-order valence-electron chi connectivity index (χ0n) is 17.4. The van der Waals surface area contributed by atoms with E-state index in [2.05, 4.69) is 65.6 Å². The maximum Gasteiger partial charge on any atom is 0.182 e. The lowest BCUT2D eigenvalue weighted by Crippen LogP contribution is -2.63. The number of piperidine rings is 1. The van der Waals surface area contributed by atoms with Crippen LogP contribution in [0.2, 0.25) is 0 Å². The Balaban J connectivity index is 1.53. The standard InChI is InChI=1S/C24H29N3O2/c1-4-26-13-11-24(12-14-26)27-22(20-15-17(2)5-10-23(20)29-24)16-21(25-27)18-6-8-19(28-3)9-7-18/h5-10,15-16,22,25H,4,11-14H2,1-3H3/t22-/m0/s1. The van der Waals surface area contributed by atoms with Crippen molar-refractivity contribution in [1.82, 2.24) is 15.3 Å². The third-order valence-electron chi connectivity index (χ3n) is 6.55. The molecule has 3 aliphatic heterocycles.